The Bertz CT molecular complexity index is 509. The fourth-order valence-corrected chi connectivity index (χ4v) is 1.56. The highest BCUT2D eigenvalue weighted by molar-refractivity contribution is 5.94. The summed E-state index contributed by atoms with van der Waals surface area (Å²) in [6.45, 7) is -0.203. The summed E-state index contributed by atoms with van der Waals surface area (Å²) in [5, 5.41) is 11.3. The molecule has 9 heteroatoms. The Balaban J connectivity index is 2.81. The van der Waals surface area contributed by atoms with E-state index in [1.807, 2.05) is 0 Å². The van der Waals surface area contributed by atoms with Crippen molar-refractivity contribution >= 4 is 11.7 Å². The fourth-order valence-electron chi connectivity index (χ4n) is 1.56. The number of carbonyl (C=O) groups is 1. The predicted molar refractivity (Wildman–Crippen MR) is 62.2 cm³/mol. The zero-order chi connectivity index (χ0) is 16.3. The molecule has 2 N–H and O–H groups in total. The number of alkyl halides is 6. The minimum absolute atomic E-state index is 0.155. The highest BCUT2D eigenvalue weighted by Gasteiger charge is 2.32. The zero-order valence-corrected chi connectivity index (χ0v) is 10.5. The number of anilines is 1. The minimum atomic E-state index is -4.70. The minimum Gasteiger partial charge on any atom is -0.478 e. The maximum absolute atomic E-state index is 12.5. The number of halogens is 6. The van der Waals surface area contributed by atoms with Crippen molar-refractivity contribution in [3.05, 3.63) is 29.3 Å². The van der Waals surface area contributed by atoms with E-state index in [0.717, 1.165) is 6.07 Å². The van der Waals surface area contributed by atoms with E-state index in [1.54, 1.807) is 0 Å². The third-order valence-corrected chi connectivity index (χ3v) is 2.53. The Morgan fingerprint density at radius 3 is 2.24 bits per heavy atom. The van der Waals surface area contributed by atoms with Crippen LogP contribution in [0.2, 0.25) is 0 Å². The first kappa shape index (κ1) is 17.1. The topological polar surface area (TPSA) is 49.3 Å². The van der Waals surface area contributed by atoms with Crippen molar-refractivity contribution in [1.82, 2.24) is 0 Å². The third-order valence-electron chi connectivity index (χ3n) is 2.53. The normalized spacial score (nSPS) is 12.3. The van der Waals surface area contributed by atoms with Crippen molar-refractivity contribution in [2.45, 2.75) is 25.2 Å². The molecule has 0 heterocycles. The number of carboxylic acids is 1. The summed E-state index contributed by atoms with van der Waals surface area (Å²) in [5.41, 5.74) is -1.93. The summed E-state index contributed by atoms with van der Waals surface area (Å²) in [5.74, 6) is -1.60. The van der Waals surface area contributed by atoms with Gasteiger partial charge in [-0.25, -0.2) is 4.79 Å². The Hall–Kier alpha value is -1.93. The number of benzene rings is 1. The van der Waals surface area contributed by atoms with Gasteiger partial charge in [0.2, 0.25) is 0 Å². The summed E-state index contributed by atoms with van der Waals surface area (Å²) in [6.07, 6.45) is -10.4. The second-order valence-corrected chi connectivity index (χ2v) is 4.21. The summed E-state index contributed by atoms with van der Waals surface area (Å²) in [6, 6.07) is 1.99. The molecular formula is C12H11F6NO2. The van der Waals surface area contributed by atoms with E-state index in [4.69, 9.17) is 5.11 Å². The predicted octanol–water partition coefficient (Wildman–Crippen LogP) is 4.16. The van der Waals surface area contributed by atoms with Crippen molar-refractivity contribution in [2.75, 3.05) is 11.9 Å². The second kappa shape index (κ2) is 6.23. The highest BCUT2D eigenvalue weighted by Crippen LogP contribution is 2.32. The number of rotatable bonds is 5. The van der Waals surface area contributed by atoms with Crippen LogP contribution in [0.15, 0.2) is 18.2 Å². The quantitative estimate of drug-likeness (QED) is 0.634. The van der Waals surface area contributed by atoms with Gasteiger partial charge < -0.3 is 10.4 Å². The SMILES string of the molecule is O=C(O)c1cc(C(F)(F)F)ccc1NCCCC(F)(F)F. The van der Waals surface area contributed by atoms with Gasteiger partial charge in [-0.2, -0.15) is 26.3 Å². The molecular weight excluding hydrogens is 304 g/mol. The van der Waals surface area contributed by atoms with E-state index in [-0.39, 0.29) is 18.7 Å². The molecule has 0 atom stereocenters. The third kappa shape index (κ3) is 5.52. The number of hydrogen-bond donors (Lipinski definition) is 2. The molecule has 0 aromatic heterocycles. The fraction of sp³-hybridized carbons (Fsp3) is 0.417. The maximum Gasteiger partial charge on any atom is 0.416 e. The first-order valence-corrected chi connectivity index (χ1v) is 5.76. The molecule has 0 aliphatic rings. The molecule has 0 bridgehead atoms. The molecule has 118 valence electrons. The first-order valence-electron chi connectivity index (χ1n) is 5.76. The molecule has 0 radical (unpaired) electrons. The molecule has 0 fully saturated rings. The maximum atomic E-state index is 12.5. The molecule has 3 nitrogen and oxygen atoms in total. The Morgan fingerprint density at radius 2 is 1.76 bits per heavy atom. The van der Waals surface area contributed by atoms with Crippen LogP contribution in [0, 0.1) is 0 Å². The van der Waals surface area contributed by atoms with Crippen LogP contribution in [0.3, 0.4) is 0 Å². The van der Waals surface area contributed by atoms with Crippen LogP contribution >= 0.6 is 0 Å². The zero-order valence-electron chi connectivity index (χ0n) is 10.5. The molecule has 0 aliphatic carbocycles. The van der Waals surface area contributed by atoms with E-state index < -0.39 is 35.9 Å². The second-order valence-electron chi connectivity index (χ2n) is 4.21. The first-order chi connectivity index (χ1) is 9.50. The number of carboxylic acid groups (broad SMARTS) is 1. The van der Waals surface area contributed by atoms with Gasteiger partial charge in [-0.3, -0.25) is 0 Å². The Kier molecular flexibility index (Phi) is 5.08. The van der Waals surface area contributed by atoms with E-state index >= 15 is 0 Å². The van der Waals surface area contributed by atoms with Gasteiger partial charge in [-0.15, -0.1) is 0 Å². The lowest BCUT2D eigenvalue weighted by Gasteiger charge is -2.13. The van der Waals surface area contributed by atoms with E-state index in [0.29, 0.717) is 12.1 Å². The molecule has 1 aromatic carbocycles. The lowest BCUT2D eigenvalue weighted by Crippen LogP contribution is -2.14. The molecule has 21 heavy (non-hydrogen) atoms. The molecule has 0 unspecified atom stereocenters. The Morgan fingerprint density at radius 1 is 1.14 bits per heavy atom. The average Bonchev–Trinajstić information content (AvgIpc) is 2.32. The van der Waals surface area contributed by atoms with Gasteiger partial charge in [0, 0.05) is 18.7 Å². The number of aromatic carboxylic acids is 1. The van der Waals surface area contributed by atoms with Crippen LogP contribution in [0.25, 0.3) is 0 Å². The van der Waals surface area contributed by atoms with Gasteiger partial charge in [-0.05, 0) is 24.6 Å². The molecule has 0 saturated carbocycles. The van der Waals surface area contributed by atoms with Crippen LogP contribution in [-0.4, -0.2) is 23.8 Å². The average molecular weight is 315 g/mol. The van der Waals surface area contributed by atoms with E-state index in [1.165, 1.54) is 0 Å². The smallest absolute Gasteiger partial charge is 0.416 e. The van der Waals surface area contributed by atoms with Gasteiger partial charge in [0.05, 0.1) is 11.1 Å². The van der Waals surface area contributed by atoms with Crippen LogP contribution in [-0.2, 0) is 6.18 Å². The van der Waals surface area contributed by atoms with Gasteiger partial charge in [0.25, 0.3) is 0 Å². The van der Waals surface area contributed by atoms with Gasteiger partial charge in [0.15, 0.2) is 0 Å². The van der Waals surface area contributed by atoms with Crippen molar-refractivity contribution in [3.8, 4) is 0 Å². The summed E-state index contributed by atoms with van der Waals surface area (Å²) < 4.78 is 73.2. The standard InChI is InChI=1S/C12H11F6NO2/c13-11(14,15)4-1-5-19-9-3-2-7(12(16,17)18)6-8(9)10(20)21/h2-3,6,19H,1,4-5H2,(H,20,21). The largest absolute Gasteiger partial charge is 0.478 e. The van der Waals surface area contributed by atoms with Crippen molar-refractivity contribution in [1.29, 1.82) is 0 Å². The van der Waals surface area contributed by atoms with E-state index in [9.17, 15) is 31.1 Å². The summed E-state index contributed by atoms with van der Waals surface area (Å²) >= 11 is 0. The Labute approximate surface area is 115 Å². The van der Waals surface area contributed by atoms with Crippen molar-refractivity contribution < 1.29 is 36.2 Å². The van der Waals surface area contributed by atoms with E-state index in [2.05, 4.69) is 5.32 Å². The number of nitrogens with one attached hydrogen (secondary N) is 1. The summed E-state index contributed by atoms with van der Waals surface area (Å²) in [7, 11) is 0. The van der Waals surface area contributed by atoms with Crippen molar-refractivity contribution in [2.24, 2.45) is 0 Å². The molecule has 0 amide bonds. The highest BCUT2D eigenvalue weighted by atomic mass is 19.4. The van der Waals surface area contributed by atoms with Gasteiger partial charge >= 0.3 is 18.3 Å². The molecule has 1 aromatic rings. The van der Waals surface area contributed by atoms with Crippen LogP contribution in [0.1, 0.15) is 28.8 Å². The molecule has 1 rings (SSSR count). The van der Waals surface area contributed by atoms with Crippen molar-refractivity contribution in [3.63, 3.8) is 0 Å². The van der Waals surface area contributed by atoms with Crippen LogP contribution in [0.5, 0.6) is 0 Å². The molecule has 0 aliphatic heterocycles. The molecule has 0 spiro atoms. The molecule has 0 saturated heterocycles. The van der Waals surface area contributed by atoms with Gasteiger partial charge in [0.1, 0.15) is 0 Å². The van der Waals surface area contributed by atoms with Crippen LogP contribution in [0.4, 0.5) is 32.0 Å². The lowest BCUT2D eigenvalue weighted by molar-refractivity contribution is -0.137. The monoisotopic (exact) mass is 315 g/mol. The summed E-state index contributed by atoms with van der Waals surface area (Å²) in [4.78, 5) is 10.9. The lowest BCUT2D eigenvalue weighted by atomic mass is 10.1. The number of hydrogen-bond acceptors (Lipinski definition) is 2. The van der Waals surface area contributed by atoms with Gasteiger partial charge in [-0.1, -0.05) is 0 Å². The van der Waals surface area contributed by atoms with Crippen LogP contribution < -0.4 is 5.32 Å².